The number of methoxy groups -OCH3 is 1. The SMILES string of the molecule is CCC1CCCCC1C(NN)C1(OC)CCCCC1. The first-order valence-corrected chi connectivity index (χ1v) is 8.28. The molecule has 2 saturated carbocycles. The molecule has 19 heavy (non-hydrogen) atoms. The van der Waals surface area contributed by atoms with Crippen LogP contribution >= 0.6 is 0 Å². The normalized spacial score (nSPS) is 33.0. The molecule has 0 aromatic rings. The summed E-state index contributed by atoms with van der Waals surface area (Å²) in [5.41, 5.74) is 3.16. The Labute approximate surface area is 118 Å². The van der Waals surface area contributed by atoms with Gasteiger partial charge < -0.3 is 4.74 Å². The molecule has 0 radical (unpaired) electrons. The number of nitrogens with one attached hydrogen (secondary N) is 1. The maximum atomic E-state index is 6.04. The molecular formula is C16H32N2O. The molecule has 0 aliphatic heterocycles. The summed E-state index contributed by atoms with van der Waals surface area (Å²) in [5.74, 6) is 7.50. The predicted octanol–water partition coefficient (Wildman–Crippen LogP) is 3.38. The summed E-state index contributed by atoms with van der Waals surface area (Å²) >= 11 is 0. The zero-order valence-electron chi connectivity index (χ0n) is 12.8. The van der Waals surface area contributed by atoms with Crippen molar-refractivity contribution in [3.63, 3.8) is 0 Å². The van der Waals surface area contributed by atoms with Crippen molar-refractivity contribution in [3.8, 4) is 0 Å². The number of ether oxygens (including phenoxy) is 1. The molecule has 3 nitrogen and oxygen atoms in total. The van der Waals surface area contributed by atoms with Gasteiger partial charge in [0.1, 0.15) is 0 Å². The highest BCUT2D eigenvalue weighted by Gasteiger charge is 2.45. The van der Waals surface area contributed by atoms with E-state index in [1.54, 1.807) is 0 Å². The average Bonchev–Trinajstić information content (AvgIpc) is 2.49. The summed E-state index contributed by atoms with van der Waals surface area (Å²) in [6, 6.07) is 0.336. The van der Waals surface area contributed by atoms with E-state index in [2.05, 4.69) is 12.3 Å². The fourth-order valence-electron chi connectivity index (χ4n) is 4.64. The van der Waals surface area contributed by atoms with Crippen molar-refractivity contribution in [1.29, 1.82) is 0 Å². The number of hydrogen-bond acceptors (Lipinski definition) is 3. The van der Waals surface area contributed by atoms with E-state index >= 15 is 0 Å². The second-order valence-electron chi connectivity index (χ2n) is 6.59. The lowest BCUT2D eigenvalue weighted by molar-refractivity contribution is -0.0926. The third kappa shape index (κ3) is 3.14. The third-order valence-corrected chi connectivity index (χ3v) is 5.77. The topological polar surface area (TPSA) is 47.3 Å². The minimum atomic E-state index is -0.0115. The van der Waals surface area contributed by atoms with Gasteiger partial charge in [-0.25, -0.2) is 0 Å². The van der Waals surface area contributed by atoms with Crippen molar-refractivity contribution in [2.45, 2.75) is 82.8 Å². The Hall–Kier alpha value is -0.120. The van der Waals surface area contributed by atoms with Crippen LogP contribution < -0.4 is 11.3 Å². The molecule has 3 unspecified atom stereocenters. The molecule has 3 N–H and O–H groups in total. The monoisotopic (exact) mass is 268 g/mol. The molecule has 3 atom stereocenters. The van der Waals surface area contributed by atoms with Crippen LogP contribution in [0.1, 0.15) is 71.1 Å². The Morgan fingerprint density at radius 1 is 1.16 bits per heavy atom. The first-order chi connectivity index (χ1) is 9.27. The Morgan fingerprint density at radius 3 is 2.42 bits per heavy atom. The van der Waals surface area contributed by atoms with E-state index in [1.807, 2.05) is 7.11 Å². The van der Waals surface area contributed by atoms with Crippen LogP contribution in [0.15, 0.2) is 0 Å². The van der Waals surface area contributed by atoms with Crippen LogP contribution in [0.3, 0.4) is 0 Å². The predicted molar refractivity (Wildman–Crippen MR) is 79.7 cm³/mol. The molecule has 2 aliphatic rings. The molecule has 0 amide bonds. The Morgan fingerprint density at radius 2 is 1.84 bits per heavy atom. The van der Waals surface area contributed by atoms with Crippen LogP contribution in [-0.4, -0.2) is 18.8 Å². The molecule has 2 fully saturated rings. The smallest absolute Gasteiger partial charge is 0.0847 e. The molecule has 2 aliphatic carbocycles. The third-order valence-electron chi connectivity index (χ3n) is 5.77. The molecule has 112 valence electrons. The van der Waals surface area contributed by atoms with Crippen LogP contribution in [0.2, 0.25) is 0 Å². The highest BCUT2D eigenvalue weighted by atomic mass is 16.5. The van der Waals surface area contributed by atoms with Crippen molar-refractivity contribution in [1.82, 2.24) is 5.43 Å². The summed E-state index contributed by atoms with van der Waals surface area (Å²) in [6.45, 7) is 2.33. The van der Waals surface area contributed by atoms with Gasteiger partial charge in [-0.1, -0.05) is 51.9 Å². The largest absolute Gasteiger partial charge is 0.377 e. The van der Waals surface area contributed by atoms with Gasteiger partial charge in [-0.2, -0.15) is 0 Å². The molecule has 0 aromatic heterocycles. The Balaban J connectivity index is 2.15. The highest BCUT2D eigenvalue weighted by Crippen LogP contribution is 2.43. The van der Waals surface area contributed by atoms with Crippen molar-refractivity contribution in [3.05, 3.63) is 0 Å². The molecule has 2 rings (SSSR count). The fraction of sp³-hybridized carbons (Fsp3) is 1.00. The van der Waals surface area contributed by atoms with Gasteiger partial charge in [0, 0.05) is 7.11 Å². The fourth-order valence-corrected chi connectivity index (χ4v) is 4.64. The van der Waals surface area contributed by atoms with Gasteiger partial charge in [0.05, 0.1) is 11.6 Å². The van der Waals surface area contributed by atoms with E-state index in [1.165, 1.54) is 64.2 Å². The minimum Gasteiger partial charge on any atom is -0.377 e. The van der Waals surface area contributed by atoms with Gasteiger partial charge in [-0.05, 0) is 31.1 Å². The maximum Gasteiger partial charge on any atom is 0.0847 e. The molecular weight excluding hydrogens is 236 g/mol. The number of hydrogen-bond donors (Lipinski definition) is 2. The quantitative estimate of drug-likeness (QED) is 0.593. The zero-order valence-corrected chi connectivity index (χ0v) is 12.8. The Kier molecular flexibility index (Phi) is 5.67. The van der Waals surface area contributed by atoms with Crippen molar-refractivity contribution >= 4 is 0 Å². The van der Waals surface area contributed by atoms with E-state index in [4.69, 9.17) is 10.6 Å². The van der Waals surface area contributed by atoms with Crippen LogP contribution in [0.4, 0.5) is 0 Å². The lowest BCUT2D eigenvalue weighted by Gasteiger charge is -2.48. The summed E-state index contributed by atoms with van der Waals surface area (Å²) in [7, 11) is 1.89. The highest BCUT2D eigenvalue weighted by molar-refractivity contribution is 5.00. The van der Waals surface area contributed by atoms with Crippen molar-refractivity contribution in [2.24, 2.45) is 17.7 Å². The molecule has 0 saturated heterocycles. The second-order valence-corrected chi connectivity index (χ2v) is 6.59. The van der Waals surface area contributed by atoms with Crippen LogP contribution in [0.5, 0.6) is 0 Å². The van der Waals surface area contributed by atoms with Crippen molar-refractivity contribution < 1.29 is 4.74 Å². The molecule has 3 heteroatoms. The van der Waals surface area contributed by atoms with E-state index in [9.17, 15) is 0 Å². The van der Waals surface area contributed by atoms with Crippen LogP contribution in [-0.2, 0) is 4.74 Å². The summed E-state index contributed by atoms with van der Waals surface area (Å²) in [4.78, 5) is 0. The standard InChI is InChI=1S/C16H32N2O/c1-3-13-9-5-6-10-14(13)15(18-17)16(19-2)11-7-4-8-12-16/h13-15,18H,3-12,17H2,1-2H3. The van der Waals surface area contributed by atoms with Gasteiger partial charge in [0.15, 0.2) is 0 Å². The number of rotatable bonds is 5. The molecule has 0 heterocycles. The van der Waals surface area contributed by atoms with Gasteiger partial charge in [0.2, 0.25) is 0 Å². The van der Waals surface area contributed by atoms with Gasteiger partial charge in [-0.3, -0.25) is 11.3 Å². The van der Waals surface area contributed by atoms with Crippen LogP contribution in [0, 0.1) is 11.8 Å². The lowest BCUT2D eigenvalue weighted by Crippen LogP contribution is -2.60. The van der Waals surface area contributed by atoms with Gasteiger partial charge in [-0.15, -0.1) is 0 Å². The average molecular weight is 268 g/mol. The maximum absolute atomic E-state index is 6.04. The zero-order chi connectivity index (χ0) is 13.7. The molecule has 0 bridgehead atoms. The van der Waals surface area contributed by atoms with Gasteiger partial charge >= 0.3 is 0 Å². The summed E-state index contributed by atoms with van der Waals surface area (Å²) in [6.07, 6.45) is 13.0. The first kappa shape index (κ1) is 15.3. The van der Waals surface area contributed by atoms with Crippen molar-refractivity contribution in [2.75, 3.05) is 7.11 Å². The second kappa shape index (κ2) is 7.05. The lowest BCUT2D eigenvalue weighted by atomic mass is 9.66. The minimum absolute atomic E-state index is 0.0115. The summed E-state index contributed by atoms with van der Waals surface area (Å²) < 4.78 is 6.04. The van der Waals surface area contributed by atoms with Crippen LogP contribution in [0.25, 0.3) is 0 Å². The van der Waals surface area contributed by atoms with E-state index in [0.29, 0.717) is 12.0 Å². The first-order valence-electron chi connectivity index (χ1n) is 8.28. The summed E-state index contributed by atoms with van der Waals surface area (Å²) in [5, 5.41) is 0. The van der Waals surface area contributed by atoms with Gasteiger partial charge in [0.25, 0.3) is 0 Å². The number of nitrogens with two attached hydrogens (primary N) is 1. The number of hydrazine groups is 1. The Bertz CT molecular complexity index is 263. The van der Waals surface area contributed by atoms with E-state index < -0.39 is 0 Å². The van der Waals surface area contributed by atoms with E-state index in [0.717, 1.165) is 5.92 Å². The molecule has 0 spiro atoms. The van der Waals surface area contributed by atoms with E-state index in [-0.39, 0.29) is 5.60 Å². The molecule has 0 aromatic carbocycles.